The Morgan fingerprint density at radius 3 is 2.44 bits per heavy atom. The van der Waals surface area contributed by atoms with E-state index >= 15 is 0 Å². The highest BCUT2D eigenvalue weighted by molar-refractivity contribution is 7.09. The van der Waals surface area contributed by atoms with Crippen LogP contribution in [0.1, 0.15) is 45.0 Å². The van der Waals surface area contributed by atoms with Gasteiger partial charge < -0.3 is 5.32 Å². The lowest BCUT2D eigenvalue weighted by atomic mass is 9.94. The summed E-state index contributed by atoms with van der Waals surface area (Å²) in [4.78, 5) is 4.23. The smallest absolute Gasteiger partial charge is 0.303 e. The van der Waals surface area contributed by atoms with Gasteiger partial charge >= 0.3 is 6.18 Å². The lowest BCUT2D eigenvalue weighted by Gasteiger charge is -2.31. The van der Waals surface area contributed by atoms with Gasteiger partial charge in [0.15, 0.2) is 0 Å². The number of hydrogen-bond acceptors (Lipinski definition) is 3. The van der Waals surface area contributed by atoms with Crippen molar-refractivity contribution in [2.24, 2.45) is 0 Å². The molecule has 1 unspecified atom stereocenters. The fourth-order valence-electron chi connectivity index (χ4n) is 2.02. The predicted molar refractivity (Wildman–Crippen MR) is 67.6 cm³/mol. The maximum absolute atomic E-state index is 12.2. The number of hydrogen-bond donors (Lipinski definition) is 1. The van der Waals surface area contributed by atoms with Crippen molar-refractivity contribution >= 4 is 11.3 Å². The summed E-state index contributed by atoms with van der Waals surface area (Å²) < 4.78 is 36.6. The summed E-state index contributed by atoms with van der Waals surface area (Å²) in [6, 6.07) is 0.199. The van der Waals surface area contributed by atoms with Crippen molar-refractivity contribution in [1.82, 2.24) is 10.3 Å². The third-order valence-corrected chi connectivity index (χ3v) is 3.69. The molecule has 0 amide bonds. The molecule has 0 spiro atoms. The van der Waals surface area contributed by atoms with E-state index in [-0.39, 0.29) is 12.5 Å². The van der Waals surface area contributed by atoms with Gasteiger partial charge in [0, 0.05) is 24.0 Å². The number of alkyl halides is 3. The first-order valence-electron chi connectivity index (χ1n) is 5.97. The number of thiazole rings is 1. The molecule has 1 aromatic rings. The fraction of sp³-hybridized carbons (Fsp3) is 0.750. The quantitative estimate of drug-likeness (QED) is 0.849. The molecule has 1 N–H and O–H groups in total. The van der Waals surface area contributed by atoms with E-state index in [9.17, 15) is 13.2 Å². The highest BCUT2D eigenvalue weighted by Crippen LogP contribution is 2.31. The molecule has 0 aliphatic heterocycles. The van der Waals surface area contributed by atoms with Gasteiger partial charge in [0.25, 0.3) is 0 Å². The summed E-state index contributed by atoms with van der Waals surface area (Å²) in [5, 5.41) is 6.02. The Bertz CT molecular complexity index is 349. The van der Waals surface area contributed by atoms with Gasteiger partial charge in [-0.2, -0.15) is 13.2 Å². The molecule has 0 bridgehead atoms. The Hall–Kier alpha value is -0.620. The van der Waals surface area contributed by atoms with Crippen molar-refractivity contribution in [1.29, 1.82) is 0 Å². The van der Waals surface area contributed by atoms with Crippen LogP contribution in [0.15, 0.2) is 11.6 Å². The van der Waals surface area contributed by atoms with Crippen molar-refractivity contribution in [3.05, 3.63) is 16.6 Å². The zero-order valence-corrected chi connectivity index (χ0v) is 11.7. The van der Waals surface area contributed by atoms with Crippen LogP contribution in [-0.4, -0.2) is 17.2 Å². The fourth-order valence-corrected chi connectivity index (χ4v) is 2.81. The first-order chi connectivity index (χ1) is 8.23. The predicted octanol–water partition coefficient (Wildman–Crippen LogP) is 4.09. The van der Waals surface area contributed by atoms with E-state index < -0.39 is 18.1 Å². The number of nitrogens with one attached hydrogen (secondary N) is 1. The number of rotatable bonds is 6. The summed E-state index contributed by atoms with van der Waals surface area (Å²) in [5.41, 5.74) is -0.479. The highest BCUT2D eigenvalue weighted by Gasteiger charge is 2.32. The van der Waals surface area contributed by atoms with Gasteiger partial charge in [-0.05, 0) is 33.6 Å². The zero-order chi connectivity index (χ0) is 13.8. The Morgan fingerprint density at radius 2 is 2.00 bits per heavy atom. The van der Waals surface area contributed by atoms with Gasteiger partial charge in [-0.1, -0.05) is 0 Å². The first-order valence-corrected chi connectivity index (χ1v) is 6.85. The van der Waals surface area contributed by atoms with Gasteiger partial charge in [-0.15, -0.1) is 11.3 Å². The van der Waals surface area contributed by atoms with Crippen LogP contribution in [0.2, 0.25) is 0 Å². The lowest BCUT2D eigenvalue weighted by Crippen LogP contribution is -2.43. The van der Waals surface area contributed by atoms with Crippen LogP contribution in [0.3, 0.4) is 0 Å². The van der Waals surface area contributed by atoms with Crippen molar-refractivity contribution in [2.45, 2.75) is 57.8 Å². The van der Waals surface area contributed by atoms with E-state index in [1.165, 1.54) is 11.3 Å². The minimum Gasteiger partial charge on any atom is -0.303 e. The molecule has 0 aliphatic carbocycles. The summed E-state index contributed by atoms with van der Waals surface area (Å²) in [7, 11) is 0. The maximum Gasteiger partial charge on any atom is 0.389 e. The molecule has 0 fully saturated rings. The Morgan fingerprint density at radius 1 is 1.33 bits per heavy atom. The van der Waals surface area contributed by atoms with Crippen LogP contribution in [0, 0.1) is 0 Å². The molecular formula is C12H19F3N2S. The summed E-state index contributed by atoms with van der Waals surface area (Å²) >= 11 is 1.47. The second kappa shape index (κ2) is 6.02. The normalized spacial score (nSPS) is 15.9. The lowest BCUT2D eigenvalue weighted by molar-refractivity contribution is -0.136. The number of nitrogens with zero attached hydrogens (tertiary/aromatic N) is 1. The van der Waals surface area contributed by atoms with E-state index in [1.54, 1.807) is 6.20 Å². The molecule has 1 heterocycles. The third-order valence-electron chi connectivity index (χ3n) is 2.65. The minimum atomic E-state index is -4.08. The molecule has 6 heteroatoms. The average Bonchev–Trinajstić information content (AvgIpc) is 2.66. The molecule has 1 atom stereocenters. The molecule has 0 aliphatic rings. The van der Waals surface area contributed by atoms with E-state index in [0.717, 1.165) is 5.01 Å². The molecule has 0 aromatic carbocycles. The molecule has 1 rings (SSSR count). The first kappa shape index (κ1) is 15.4. The van der Waals surface area contributed by atoms with Gasteiger partial charge in [0.2, 0.25) is 0 Å². The topological polar surface area (TPSA) is 24.9 Å². The summed E-state index contributed by atoms with van der Waals surface area (Å²) in [5.74, 6) is 0. The molecule has 0 saturated carbocycles. The molecule has 0 radical (unpaired) electrons. The Labute approximate surface area is 110 Å². The molecule has 2 nitrogen and oxygen atoms in total. The summed E-state index contributed by atoms with van der Waals surface area (Å²) in [6.45, 7) is 5.88. The van der Waals surface area contributed by atoms with E-state index in [4.69, 9.17) is 0 Å². The van der Waals surface area contributed by atoms with Crippen LogP contribution in [0.5, 0.6) is 0 Å². The van der Waals surface area contributed by atoms with Crippen molar-refractivity contribution in [3.63, 3.8) is 0 Å². The molecule has 104 valence electrons. The Balaban J connectivity index is 2.67. The number of halogens is 3. The molecular weight excluding hydrogens is 261 g/mol. The maximum atomic E-state index is 12.2. The minimum absolute atomic E-state index is 0.110. The van der Waals surface area contributed by atoms with Gasteiger partial charge in [-0.25, -0.2) is 4.98 Å². The van der Waals surface area contributed by atoms with Crippen LogP contribution in [0.4, 0.5) is 13.2 Å². The van der Waals surface area contributed by atoms with Crippen molar-refractivity contribution in [3.8, 4) is 0 Å². The van der Waals surface area contributed by atoms with E-state index in [1.807, 2.05) is 26.2 Å². The van der Waals surface area contributed by atoms with Crippen LogP contribution in [0.25, 0.3) is 0 Å². The van der Waals surface area contributed by atoms with Crippen molar-refractivity contribution in [2.75, 3.05) is 0 Å². The largest absolute Gasteiger partial charge is 0.389 e. The number of aromatic nitrogens is 1. The monoisotopic (exact) mass is 280 g/mol. The van der Waals surface area contributed by atoms with Crippen molar-refractivity contribution < 1.29 is 13.2 Å². The van der Waals surface area contributed by atoms with Gasteiger partial charge in [0.05, 0.1) is 5.54 Å². The SMILES string of the molecule is CC(C)NC(C)(CCCC(F)(F)F)c1nccs1. The average molecular weight is 280 g/mol. The molecule has 0 saturated heterocycles. The second-order valence-corrected chi connectivity index (χ2v) is 5.83. The summed E-state index contributed by atoms with van der Waals surface area (Å²) in [6.07, 6.45) is -2.60. The standard InChI is InChI=1S/C12H19F3N2S/c1-9(2)17-11(3,10-16-7-8-18-10)5-4-6-12(13,14)15/h7-9,17H,4-6H2,1-3H3. The highest BCUT2D eigenvalue weighted by atomic mass is 32.1. The third kappa shape index (κ3) is 4.94. The van der Waals surface area contributed by atoms with Crippen LogP contribution < -0.4 is 5.32 Å². The van der Waals surface area contributed by atoms with Crippen LogP contribution >= 0.6 is 11.3 Å². The van der Waals surface area contributed by atoms with Gasteiger partial charge in [-0.3, -0.25) is 0 Å². The molecule has 18 heavy (non-hydrogen) atoms. The van der Waals surface area contributed by atoms with E-state index in [0.29, 0.717) is 6.42 Å². The van der Waals surface area contributed by atoms with Gasteiger partial charge in [0.1, 0.15) is 5.01 Å². The second-order valence-electron chi connectivity index (χ2n) is 4.94. The van der Waals surface area contributed by atoms with Crippen LogP contribution in [-0.2, 0) is 5.54 Å². The Kier molecular flexibility index (Phi) is 5.16. The van der Waals surface area contributed by atoms with E-state index in [2.05, 4.69) is 10.3 Å². The molecule has 1 aromatic heterocycles. The zero-order valence-electron chi connectivity index (χ0n) is 10.8.